The molecule has 3 fully saturated rings. The normalized spacial score (nSPS) is 35.9. The average Bonchev–Trinajstić information content (AvgIpc) is 2.91. The summed E-state index contributed by atoms with van der Waals surface area (Å²) in [5.41, 5.74) is 0. The molecule has 2 N–H and O–H groups in total. The van der Waals surface area contributed by atoms with Crippen molar-refractivity contribution in [2.75, 3.05) is 0 Å². The van der Waals surface area contributed by atoms with E-state index in [1.165, 1.54) is 36.7 Å². The van der Waals surface area contributed by atoms with Crippen molar-refractivity contribution in [1.29, 1.82) is 0 Å². The first-order chi connectivity index (χ1) is 10.1. The highest BCUT2D eigenvalue weighted by molar-refractivity contribution is 7.14. The Bertz CT molecular complexity index is 619. The molecule has 4 nitrogen and oxygen atoms in total. The van der Waals surface area contributed by atoms with Crippen LogP contribution < -0.4 is 5.32 Å². The molecule has 3 saturated carbocycles. The fraction of sp³-hybridized carbons (Fsp3) is 0.500. The SMILES string of the molecule is O=C(O)/C=C/c1ccc(C(=O)NC2C3C4CCC(C4)C23)s1. The summed E-state index contributed by atoms with van der Waals surface area (Å²) in [5, 5.41) is 11.8. The molecule has 0 saturated heterocycles. The summed E-state index contributed by atoms with van der Waals surface area (Å²) in [7, 11) is 0. The summed E-state index contributed by atoms with van der Waals surface area (Å²) in [4.78, 5) is 24.2. The Labute approximate surface area is 126 Å². The van der Waals surface area contributed by atoms with Gasteiger partial charge in [-0.05, 0) is 61.1 Å². The van der Waals surface area contributed by atoms with E-state index in [-0.39, 0.29) is 5.91 Å². The van der Waals surface area contributed by atoms with Crippen LogP contribution in [0.25, 0.3) is 6.08 Å². The molecule has 1 heterocycles. The number of aliphatic carboxylic acids is 1. The number of carbonyl (C=O) groups is 2. The minimum Gasteiger partial charge on any atom is -0.478 e. The summed E-state index contributed by atoms with van der Waals surface area (Å²) in [6, 6.07) is 3.95. The van der Waals surface area contributed by atoms with Crippen LogP contribution in [-0.4, -0.2) is 23.0 Å². The maximum absolute atomic E-state index is 12.3. The molecule has 1 aromatic heterocycles. The predicted octanol–water partition coefficient (Wildman–Crippen LogP) is 2.62. The van der Waals surface area contributed by atoms with Gasteiger partial charge in [0.05, 0.1) is 4.88 Å². The molecule has 110 valence electrons. The summed E-state index contributed by atoms with van der Waals surface area (Å²) in [5.74, 6) is 2.19. The van der Waals surface area contributed by atoms with Crippen LogP contribution in [-0.2, 0) is 4.79 Å². The predicted molar refractivity (Wildman–Crippen MR) is 80.1 cm³/mol. The lowest BCUT2D eigenvalue weighted by Crippen LogP contribution is -2.29. The number of carboxylic acid groups (broad SMARTS) is 1. The van der Waals surface area contributed by atoms with Crippen molar-refractivity contribution >= 4 is 29.3 Å². The van der Waals surface area contributed by atoms with Crippen molar-refractivity contribution in [1.82, 2.24) is 5.32 Å². The molecule has 3 aliphatic carbocycles. The van der Waals surface area contributed by atoms with E-state index >= 15 is 0 Å². The zero-order valence-electron chi connectivity index (χ0n) is 11.5. The lowest BCUT2D eigenvalue weighted by atomic mass is 10.0. The first-order valence-electron chi connectivity index (χ1n) is 7.45. The van der Waals surface area contributed by atoms with E-state index in [1.54, 1.807) is 12.1 Å². The zero-order chi connectivity index (χ0) is 14.6. The Morgan fingerprint density at radius 3 is 2.62 bits per heavy atom. The van der Waals surface area contributed by atoms with E-state index < -0.39 is 5.97 Å². The third kappa shape index (κ3) is 2.20. The lowest BCUT2D eigenvalue weighted by Gasteiger charge is -2.09. The smallest absolute Gasteiger partial charge is 0.328 e. The molecule has 4 atom stereocenters. The summed E-state index contributed by atoms with van der Waals surface area (Å²) in [6.07, 6.45) is 6.69. The van der Waals surface area contributed by atoms with E-state index in [9.17, 15) is 9.59 Å². The molecule has 0 aromatic carbocycles. The summed E-state index contributed by atoms with van der Waals surface area (Å²) >= 11 is 1.34. The quantitative estimate of drug-likeness (QED) is 0.840. The summed E-state index contributed by atoms with van der Waals surface area (Å²) < 4.78 is 0. The third-order valence-corrected chi connectivity index (χ3v) is 6.32. The number of carbonyl (C=O) groups excluding carboxylic acids is 1. The van der Waals surface area contributed by atoms with Crippen LogP contribution in [0.1, 0.15) is 33.8 Å². The molecule has 1 aromatic rings. The van der Waals surface area contributed by atoms with Gasteiger partial charge in [0.1, 0.15) is 0 Å². The maximum Gasteiger partial charge on any atom is 0.328 e. The molecule has 1 amide bonds. The van der Waals surface area contributed by atoms with Crippen molar-refractivity contribution in [3.05, 3.63) is 28.0 Å². The van der Waals surface area contributed by atoms with Crippen molar-refractivity contribution in [3.8, 4) is 0 Å². The van der Waals surface area contributed by atoms with Gasteiger partial charge < -0.3 is 10.4 Å². The monoisotopic (exact) mass is 303 g/mol. The highest BCUT2D eigenvalue weighted by atomic mass is 32.1. The maximum atomic E-state index is 12.3. The topological polar surface area (TPSA) is 66.4 Å². The first-order valence-corrected chi connectivity index (χ1v) is 8.27. The van der Waals surface area contributed by atoms with Crippen molar-refractivity contribution in [2.45, 2.75) is 25.3 Å². The average molecular weight is 303 g/mol. The zero-order valence-corrected chi connectivity index (χ0v) is 12.3. The molecule has 21 heavy (non-hydrogen) atoms. The Kier molecular flexibility index (Phi) is 2.92. The van der Waals surface area contributed by atoms with Crippen molar-refractivity contribution in [2.24, 2.45) is 23.7 Å². The molecule has 4 rings (SSSR count). The number of fused-ring (bicyclic) bond motifs is 5. The minimum atomic E-state index is -0.976. The van der Waals surface area contributed by atoms with Crippen LogP contribution in [0.15, 0.2) is 18.2 Å². The van der Waals surface area contributed by atoms with E-state index in [4.69, 9.17) is 5.11 Å². The van der Waals surface area contributed by atoms with Gasteiger partial charge in [-0.25, -0.2) is 4.79 Å². The number of hydrogen-bond donors (Lipinski definition) is 2. The standard InChI is InChI=1S/C16H17NO3S/c18-12(19)6-4-10-3-5-11(21-10)16(20)17-15-13-8-1-2-9(7-8)14(13)15/h3-6,8-9,13-15H,1-2,7H2,(H,17,20)(H,18,19)/b6-4+. The number of hydrogen-bond acceptors (Lipinski definition) is 3. The van der Waals surface area contributed by atoms with Crippen LogP contribution in [0.5, 0.6) is 0 Å². The third-order valence-electron chi connectivity index (χ3n) is 5.27. The van der Waals surface area contributed by atoms with Crippen LogP contribution >= 0.6 is 11.3 Å². The molecule has 3 aliphatic rings. The Morgan fingerprint density at radius 2 is 1.95 bits per heavy atom. The van der Waals surface area contributed by atoms with Crippen molar-refractivity contribution < 1.29 is 14.7 Å². The molecule has 2 bridgehead atoms. The molecule has 0 radical (unpaired) electrons. The molecule has 4 unspecified atom stereocenters. The van der Waals surface area contributed by atoms with Gasteiger partial charge in [0.2, 0.25) is 0 Å². The van der Waals surface area contributed by atoms with Gasteiger partial charge in [0, 0.05) is 17.0 Å². The Morgan fingerprint density at radius 1 is 1.24 bits per heavy atom. The second kappa shape index (κ2) is 4.70. The fourth-order valence-corrected chi connectivity index (χ4v) is 5.27. The lowest BCUT2D eigenvalue weighted by molar-refractivity contribution is -0.131. The summed E-state index contributed by atoms with van der Waals surface area (Å²) in [6.45, 7) is 0. The van der Waals surface area contributed by atoms with E-state index in [2.05, 4.69) is 5.32 Å². The molecular formula is C16H17NO3S. The second-order valence-electron chi connectivity index (χ2n) is 6.36. The first kappa shape index (κ1) is 13.1. The van der Waals surface area contributed by atoms with E-state index in [0.29, 0.717) is 10.9 Å². The number of carboxylic acids is 1. The van der Waals surface area contributed by atoms with E-state index in [0.717, 1.165) is 34.6 Å². The molecule has 0 aliphatic heterocycles. The second-order valence-corrected chi connectivity index (χ2v) is 7.48. The fourth-order valence-electron chi connectivity index (χ4n) is 4.46. The van der Waals surface area contributed by atoms with Crippen LogP contribution in [0.3, 0.4) is 0 Å². The molecular weight excluding hydrogens is 286 g/mol. The number of amides is 1. The minimum absolute atomic E-state index is 0.00576. The molecule has 0 spiro atoms. The number of rotatable bonds is 4. The van der Waals surface area contributed by atoms with Gasteiger partial charge in [-0.15, -0.1) is 11.3 Å². The Hall–Kier alpha value is -1.62. The highest BCUT2D eigenvalue weighted by Crippen LogP contribution is 2.65. The van der Waals surface area contributed by atoms with Crippen LogP contribution in [0.2, 0.25) is 0 Å². The van der Waals surface area contributed by atoms with E-state index in [1.807, 2.05) is 0 Å². The largest absolute Gasteiger partial charge is 0.478 e. The van der Waals surface area contributed by atoms with Crippen molar-refractivity contribution in [3.63, 3.8) is 0 Å². The van der Waals surface area contributed by atoms with Gasteiger partial charge >= 0.3 is 5.97 Å². The van der Waals surface area contributed by atoms with Gasteiger partial charge in [-0.3, -0.25) is 4.79 Å². The van der Waals surface area contributed by atoms with Crippen LogP contribution in [0, 0.1) is 23.7 Å². The number of nitrogens with one attached hydrogen (secondary N) is 1. The Balaban J connectivity index is 1.39. The van der Waals surface area contributed by atoms with Gasteiger partial charge in [0.15, 0.2) is 0 Å². The van der Waals surface area contributed by atoms with Gasteiger partial charge in [0.25, 0.3) is 5.91 Å². The molecule has 5 heteroatoms. The van der Waals surface area contributed by atoms with Gasteiger partial charge in [-0.2, -0.15) is 0 Å². The number of thiophene rings is 1. The van der Waals surface area contributed by atoms with Gasteiger partial charge in [-0.1, -0.05) is 0 Å². The van der Waals surface area contributed by atoms with Crippen LogP contribution in [0.4, 0.5) is 0 Å². The highest BCUT2D eigenvalue weighted by Gasteiger charge is 2.65.